The third kappa shape index (κ3) is 5.26. The van der Waals surface area contributed by atoms with Crippen LogP contribution in [0, 0.1) is 0 Å². The molecule has 0 fully saturated rings. The van der Waals surface area contributed by atoms with E-state index < -0.39 is 17.8 Å². The van der Waals surface area contributed by atoms with Gasteiger partial charge in [-0.2, -0.15) is 0 Å². The van der Waals surface area contributed by atoms with Gasteiger partial charge >= 0.3 is 5.97 Å². The highest BCUT2D eigenvalue weighted by molar-refractivity contribution is 5.98. The topological polar surface area (TPSA) is 120 Å². The molecule has 26 heavy (non-hydrogen) atoms. The van der Waals surface area contributed by atoms with Gasteiger partial charge in [0.05, 0.1) is 14.2 Å². The van der Waals surface area contributed by atoms with Crippen LogP contribution in [0.2, 0.25) is 0 Å². The van der Waals surface area contributed by atoms with Crippen LogP contribution in [0.5, 0.6) is 5.75 Å². The van der Waals surface area contributed by atoms with Crippen molar-refractivity contribution >= 4 is 17.8 Å². The van der Waals surface area contributed by atoms with Crippen LogP contribution >= 0.6 is 0 Å². The molecule has 0 radical (unpaired) electrons. The molecular weight excluding hydrogens is 340 g/mol. The monoisotopic (exact) mass is 358 g/mol. The fourth-order valence-electron chi connectivity index (χ4n) is 1.98. The van der Waals surface area contributed by atoms with E-state index in [0.29, 0.717) is 5.75 Å². The molecule has 0 saturated carbocycles. The van der Waals surface area contributed by atoms with Crippen LogP contribution in [0.3, 0.4) is 0 Å². The number of aromatic nitrogens is 2. The van der Waals surface area contributed by atoms with E-state index in [1.165, 1.54) is 13.2 Å². The largest absolute Gasteiger partial charge is 0.497 e. The van der Waals surface area contributed by atoms with E-state index in [1.54, 1.807) is 19.2 Å². The van der Waals surface area contributed by atoms with Crippen LogP contribution in [-0.4, -0.2) is 48.5 Å². The SMILES string of the molecule is COC(=O)CNC(=O)c1cc(C(=O)NCc2cccc(OC)c2)ncn1. The number of methoxy groups -OCH3 is 2. The van der Waals surface area contributed by atoms with E-state index in [4.69, 9.17) is 4.74 Å². The van der Waals surface area contributed by atoms with Gasteiger partial charge in [-0.25, -0.2) is 9.97 Å². The molecule has 1 heterocycles. The van der Waals surface area contributed by atoms with Crippen molar-refractivity contribution in [1.82, 2.24) is 20.6 Å². The van der Waals surface area contributed by atoms with Crippen LogP contribution in [-0.2, 0) is 16.1 Å². The molecule has 0 unspecified atom stereocenters. The predicted molar refractivity (Wildman–Crippen MR) is 90.5 cm³/mol. The number of hydrogen-bond acceptors (Lipinski definition) is 7. The minimum atomic E-state index is -0.611. The summed E-state index contributed by atoms with van der Waals surface area (Å²) >= 11 is 0. The lowest BCUT2D eigenvalue weighted by molar-refractivity contribution is -0.139. The zero-order valence-electron chi connectivity index (χ0n) is 14.3. The first kappa shape index (κ1) is 18.8. The summed E-state index contributed by atoms with van der Waals surface area (Å²) in [6.45, 7) is -0.0272. The van der Waals surface area contributed by atoms with Crippen molar-refractivity contribution in [3.63, 3.8) is 0 Å². The Labute approximate surface area is 149 Å². The zero-order valence-corrected chi connectivity index (χ0v) is 14.3. The van der Waals surface area contributed by atoms with E-state index in [1.807, 2.05) is 12.1 Å². The average Bonchev–Trinajstić information content (AvgIpc) is 2.70. The Hall–Kier alpha value is -3.49. The molecule has 0 spiro atoms. The molecule has 2 N–H and O–H groups in total. The van der Waals surface area contributed by atoms with Crippen LogP contribution in [0.1, 0.15) is 26.5 Å². The van der Waals surface area contributed by atoms with Crippen molar-refractivity contribution < 1.29 is 23.9 Å². The van der Waals surface area contributed by atoms with Crippen LogP contribution in [0.15, 0.2) is 36.7 Å². The van der Waals surface area contributed by atoms with E-state index >= 15 is 0 Å². The Kier molecular flexibility index (Phi) is 6.60. The molecule has 0 aliphatic carbocycles. The fraction of sp³-hybridized carbons (Fsp3) is 0.235. The minimum Gasteiger partial charge on any atom is -0.497 e. The van der Waals surface area contributed by atoms with E-state index in [9.17, 15) is 14.4 Å². The summed E-state index contributed by atoms with van der Waals surface area (Å²) in [6, 6.07) is 8.50. The summed E-state index contributed by atoms with van der Waals surface area (Å²) in [5.41, 5.74) is 0.851. The van der Waals surface area contributed by atoms with Crippen LogP contribution in [0.25, 0.3) is 0 Å². The van der Waals surface area contributed by atoms with Gasteiger partial charge in [-0.1, -0.05) is 12.1 Å². The molecule has 0 bridgehead atoms. The number of carbonyl (C=O) groups excluding carboxylic acids is 3. The van der Waals surface area contributed by atoms with Crippen molar-refractivity contribution in [2.75, 3.05) is 20.8 Å². The summed E-state index contributed by atoms with van der Waals surface area (Å²) < 4.78 is 9.56. The van der Waals surface area contributed by atoms with Gasteiger partial charge in [0.1, 0.15) is 30.0 Å². The fourth-order valence-corrected chi connectivity index (χ4v) is 1.98. The molecule has 1 aromatic carbocycles. The third-order valence-electron chi connectivity index (χ3n) is 3.34. The molecule has 2 amide bonds. The molecule has 0 saturated heterocycles. The third-order valence-corrected chi connectivity index (χ3v) is 3.34. The summed E-state index contributed by atoms with van der Waals surface area (Å²) in [7, 11) is 2.77. The van der Waals surface area contributed by atoms with Gasteiger partial charge in [-0.05, 0) is 17.7 Å². The summed E-state index contributed by atoms with van der Waals surface area (Å²) in [5, 5.41) is 5.04. The van der Waals surface area contributed by atoms with Gasteiger partial charge in [0, 0.05) is 12.6 Å². The molecule has 1 aromatic heterocycles. The van der Waals surface area contributed by atoms with Crippen molar-refractivity contribution in [3.05, 3.63) is 53.6 Å². The normalized spacial score (nSPS) is 9.92. The van der Waals surface area contributed by atoms with Crippen molar-refractivity contribution in [1.29, 1.82) is 0 Å². The number of nitrogens with zero attached hydrogens (tertiary/aromatic N) is 2. The first-order valence-corrected chi connectivity index (χ1v) is 7.61. The molecule has 136 valence electrons. The molecule has 9 nitrogen and oxygen atoms in total. The lowest BCUT2D eigenvalue weighted by Gasteiger charge is -2.07. The number of amides is 2. The summed E-state index contributed by atoms with van der Waals surface area (Å²) in [5.74, 6) is -0.983. The highest BCUT2D eigenvalue weighted by Crippen LogP contribution is 2.12. The van der Waals surface area contributed by atoms with E-state index in [-0.39, 0.29) is 24.5 Å². The molecule has 0 atom stereocenters. The second-order valence-electron chi connectivity index (χ2n) is 5.08. The van der Waals surface area contributed by atoms with Crippen molar-refractivity contribution in [2.45, 2.75) is 6.54 Å². The van der Waals surface area contributed by atoms with Gasteiger partial charge in [0.25, 0.3) is 11.8 Å². The standard InChI is InChI=1S/C17H18N4O5/c1-25-12-5-3-4-11(6-12)8-18-16(23)13-7-14(21-10-20-13)17(24)19-9-15(22)26-2/h3-7,10H,8-9H2,1-2H3,(H,18,23)(H,19,24). The quantitative estimate of drug-likeness (QED) is 0.684. The molecule has 0 aliphatic rings. The van der Waals surface area contributed by atoms with Gasteiger partial charge < -0.3 is 20.1 Å². The lowest BCUT2D eigenvalue weighted by Crippen LogP contribution is -2.31. The number of benzene rings is 1. The number of nitrogens with one attached hydrogen (secondary N) is 2. The molecule has 0 aliphatic heterocycles. The van der Waals surface area contributed by atoms with Gasteiger partial charge in [0.2, 0.25) is 0 Å². The molecule has 2 rings (SSSR count). The predicted octanol–water partition coefficient (Wildman–Crippen LogP) is 0.318. The van der Waals surface area contributed by atoms with E-state index in [0.717, 1.165) is 11.9 Å². The second kappa shape index (κ2) is 9.11. The maximum Gasteiger partial charge on any atom is 0.325 e. The van der Waals surface area contributed by atoms with Crippen molar-refractivity contribution in [2.24, 2.45) is 0 Å². The maximum atomic E-state index is 12.2. The number of ether oxygens (including phenoxy) is 2. The highest BCUT2D eigenvalue weighted by Gasteiger charge is 2.14. The first-order valence-electron chi connectivity index (χ1n) is 7.61. The summed E-state index contributed by atoms with van der Waals surface area (Å²) in [4.78, 5) is 42.9. The number of carbonyl (C=O) groups is 3. The number of esters is 1. The van der Waals surface area contributed by atoms with Gasteiger partial charge in [0.15, 0.2) is 0 Å². The van der Waals surface area contributed by atoms with Gasteiger partial charge in [-0.15, -0.1) is 0 Å². The smallest absolute Gasteiger partial charge is 0.325 e. The second-order valence-corrected chi connectivity index (χ2v) is 5.08. The van der Waals surface area contributed by atoms with Gasteiger partial charge in [-0.3, -0.25) is 14.4 Å². The molecular formula is C17H18N4O5. The van der Waals surface area contributed by atoms with E-state index in [2.05, 4.69) is 25.3 Å². The Bertz CT molecular complexity index is 809. The minimum absolute atomic E-state index is 0.0320. The Balaban J connectivity index is 1.98. The summed E-state index contributed by atoms with van der Waals surface area (Å²) in [6.07, 6.45) is 1.10. The number of rotatable bonds is 7. The first-order chi connectivity index (χ1) is 12.5. The molecule has 9 heteroatoms. The Morgan fingerprint density at radius 3 is 2.35 bits per heavy atom. The lowest BCUT2D eigenvalue weighted by atomic mass is 10.2. The average molecular weight is 358 g/mol. The number of hydrogen-bond donors (Lipinski definition) is 2. The molecule has 2 aromatic rings. The zero-order chi connectivity index (χ0) is 18.9. The maximum absolute atomic E-state index is 12.2. The van der Waals surface area contributed by atoms with Crippen molar-refractivity contribution in [3.8, 4) is 5.75 Å². The Morgan fingerprint density at radius 1 is 1.00 bits per heavy atom. The van der Waals surface area contributed by atoms with Crippen LogP contribution < -0.4 is 15.4 Å². The van der Waals surface area contributed by atoms with Crippen LogP contribution in [0.4, 0.5) is 0 Å². The Morgan fingerprint density at radius 2 is 1.69 bits per heavy atom. The highest BCUT2D eigenvalue weighted by atomic mass is 16.5.